The SMILES string of the molecule is O=C(c1occc1COc1ccccc1)N1CCC(C(=O)N2CCCC2)CC1. The molecule has 2 aromatic rings. The van der Waals surface area contributed by atoms with Gasteiger partial charge in [0.2, 0.25) is 5.91 Å². The summed E-state index contributed by atoms with van der Waals surface area (Å²) in [5, 5.41) is 0. The lowest BCUT2D eigenvalue weighted by molar-refractivity contribution is -0.135. The average Bonchev–Trinajstić information content (AvgIpc) is 3.44. The second-order valence-electron chi connectivity index (χ2n) is 7.48. The van der Waals surface area contributed by atoms with Gasteiger partial charge in [-0.05, 0) is 43.9 Å². The van der Waals surface area contributed by atoms with Crippen molar-refractivity contribution in [3.05, 3.63) is 54.0 Å². The van der Waals surface area contributed by atoms with Crippen LogP contribution in [0.2, 0.25) is 0 Å². The quantitative estimate of drug-likeness (QED) is 0.796. The van der Waals surface area contributed by atoms with Gasteiger partial charge in [0.1, 0.15) is 12.4 Å². The fourth-order valence-electron chi connectivity index (χ4n) is 3.98. The molecule has 1 aromatic heterocycles. The molecule has 2 saturated heterocycles. The molecule has 6 nitrogen and oxygen atoms in total. The number of likely N-dealkylation sites (tertiary alicyclic amines) is 2. The third-order valence-electron chi connectivity index (χ3n) is 5.63. The van der Waals surface area contributed by atoms with Crippen molar-refractivity contribution in [2.45, 2.75) is 32.3 Å². The zero-order chi connectivity index (χ0) is 19.3. The molecule has 2 aliphatic rings. The van der Waals surface area contributed by atoms with Crippen molar-refractivity contribution < 1.29 is 18.7 Å². The van der Waals surface area contributed by atoms with Gasteiger partial charge in [-0.25, -0.2) is 0 Å². The van der Waals surface area contributed by atoms with E-state index >= 15 is 0 Å². The Morgan fingerprint density at radius 2 is 1.68 bits per heavy atom. The predicted octanol–water partition coefficient (Wildman–Crippen LogP) is 3.33. The summed E-state index contributed by atoms with van der Waals surface area (Å²) >= 11 is 0. The van der Waals surface area contributed by atoms with E-state index in [1.165, 1.54) is 6.26 Å². The first-order valence-electron chi connectivity index (χ1n) is 10.0. The Bertz CT molecular complexity index is 803. The highest BCUT2D eigenvalue weighted by Gasteiger charge is 2.32. The fraction of sp³-hybridized carbons (Fsp3) is 0.455. The maximum absolute atomic E-state index is 12.9. The molecule has 148 valence electrons. The molecule has 0 spiro atoms. The number of para-hydroxylation sites is 1. The molecule has 28 heavy (non-hydrogen) atoms. The summed E-state index contributed by atoms with van der Waals surface area (Å²) in [5.74, 6) is 1.27. The summed E-state index contributed by atoms with van der Waals surface area (Å²) in [6, 6.07) is 11.3. The highest BCUT2D eigenvalue weighted by Crippen LogP contribution is 2.24. The van der Waals surface area contributed by atoms with E-state index in [4.69, 9.17) is 9.15 Å². The molecule has 2 aliphatic heterocycles. The highest BCUT2D eigenvalue weighted by atomic mass is 16.5. The van der Waals surface area contributed by atoms with E-state index < -0.39 is 0 Å². The van der Waals surface area contributed by atoms with Crippen molar-refractivity contribution in [2.75, 3.05) is 26.2 Å². The fourth-order valence-corrected chi connectivity index (χ4v) is 3.98. The number of ether oxygens (including phenoxy) is 1. The Morgan fingerprint density at radius 1 is 0.964 bits per heavy atom. The van der Waals surface area contributed by atoms with Crippen molar-refractivity contribution in [1.29, 1.82) is 0 Å². The Hall–Kier alpha value is -2.76. The molecular formula is C22H26N2O4. The molecule has 0 bridgehead atoms. The largest absolute Gasteiger partial charge is 0.489 e. The Balaban J connectivity index is 1.33. The topological polar surface area (TPSA) is 63.0 Å². The standard InChI is InChI=1S/C22H26N2O4/c25-21(23-11-4-5-12-23)17-8-13-24(14-9-17)22(26)20-18(10-15-27-20)16-28-19-6-2-1-3-7-19/h1-3,6-7,10,15,17H,4-5,8-9,11-14,16H2. The minimum Gasteiger partial charge on any atom is -0.489 e. The Kier molecular flexibility index (Phi) is 5.65. The van der Waals surface area contributed by atoms with Gasteiger partial charge in [-0.1, -0.05) is 18.2 Å². The first-order valence-corrected chi connectivity index (χ1v) is 10.0. The maximum Gasteiger partial charge on any atom is 0.289 e. The maximum atomic E-state index is 12.9. The number of nitrogens with zero attached hydrogens (tertiary/aromatic N) is 2. The van der Waals surface area contributed by atoms with Crippen LogP contribution >= 0.6 is 0 Å². The molecule has 0 saturated carbocycles. The van der Waals surface area contributed by atoms with Crippen LogP contribution in [0.3, 0.4) is 0 Å². The lowest BCUT2D eigenvalue weighted by atomic mass is 9.95. The van der Waals surface area contributed by atoms with Gasteiger partial charge in [0.05, 0.1) is 6.26 Å². The normalized spacial score (nSPS) is 17.7. The van der Waals surface area contributed by atoms with Crippen LogP contribution in [-0.2, 0) is 11.4 Å². The third-order valence-corrected chi connectivity index (χ3v) is 5.63. The van der Waals surface area contributed by atoms with Gasteiger partial charge in [0, 0.05) is 37.7 Å². The smallest absolute Gasteiger partial charge is 0.289 e. The van der Waals surface area contributed by atoms with Gasteiger partial charge in [-0.3, -0.25) is 9.59 Å². The number of amides is 2. The van der Waals surface area contributed by atoms with Gasteiger partial charge in [-0.15, -0.1) is 0 Å². The first-order chi connectivity index (χ1) is 13.7. The summed E-state index contributed by atoms with van der Waals surface area (Å²) in [6.45, 7) is 3.22. The molecule has 0 unspecified atom stereocenters. The molecule has 0 radical (unpaired) electrons. The lowest BCUT2D eigenvalue weighted by Crippen LogP contribution is -2.43. The van der Waals surface area contributed by atoms with Crippen molar-refractivity contribution in [2.24, 2.45) is 5.92 Å². The second kappa shape index (κ2) is 8.50. The van der Waals surface area contributed by atoms with Crippen LogP contribution in [0.15, 0.2) is 47.1 Å². The van der Waals surface area contributed by atoms with Gasteiger partial charge in [0.15, 0.2) is 5.76 Å². The highest BCUT2D eigenvalue weighted by molar-refractivity contribution is 5.93. The summed E-state index contributed by atoms with van der Waals surface area (Å²) in [4.78, 5) is 29.2. The summed E-state index contributed by atoms with van der Waals surface area (Å²) in [7, 11) is 0. The van der Waals surface area contributed by atoms with Gasteiger partial charge >= 0.3 is 0 Å². The molecule has 1 aromatic carbocycles. The molecule has 2 amide bonds. The summed E-state index contributed by atoms with van der Waals surface area (Å²) in [6.07, 6.45) is 5.18. The number of benzene rings is 1. The van der Waals surface area contributed by atoms with E-state index in [1.54, 1.807) is 11.0 Å². The van der Waals surface area contributed by atoms with Crippen LogP contribution in [0.25, 0.3) is 0 Å². The van der Waals surface area contributed by atoms with Crippen molar-refractivity contribution in [3.63, 3.8) is 0 Å². The number of furan rings is 1. The van der Waals surface area contributed by atoms with Gasteiger partial charge < -0.3 is 19.0 Å². The summed E-state index contributed by atoms with van der Waals surface area (Å²) in [5.41, 5.74) is 0.740. The van der Waals surface area contributed by atoms with Crippen LogP contribution in [0, 0.1) is 5.92 Å². The molecule has 6 heteroatoms. The van der Waals surface area contributed by atoms with E-state index in [0.29, 0.717) is 18.8 Å². The van der Waals surface area contributed by atoms with Crippen LogP contribution in [0.5, 0.6) is 5.75 Å². The van der Waals surface area contributed by atoms with Crippen molar-refractivity contribution >= 4 is 11.8 Å². The van der Waals surface area contributed by atoms with Crippen LogP contribution in [0.1, 0.15) is 41.8 Å². The average molecular weight is 382 g/mol. The monoisotopic (exact) mass is 382 g/mol. The molecule has 0 atom stereocenters. The third kappa shape index (κ3) is 4.06. The van der Waals surface area contributed by atoms with E-state index in [1.807, 2.05) is 35.2 Å². The molecule has 4 rings (SSSR count). The van der Waals surface area contributed by atoms with Crippen LogP contribution in [0.4, 0.5) is 0 Å². The first kappa shape index (κ1) is 18.6. The van der Waals surface area contributed by atoms with Crippen molar-refractivity contribution in [3.8, 4) is 5.75 Å². The molecule has 2 fully saturated rings. The molecule has 0 N–H and O–H groups in total. The summed E-state index contributed by atoms with van der Waals surface area (Å²) < 4.78 is 11.2. The number of carbonyl (C=O) groups is 2. The zero-order valence-corrected chi connectivity index (χ0v) is 16.0. The van der Waals surface area contributed by atoms with E-state index in [0.717, 1.165) is 50.1 Å². The minimum absolute atomic E-state index is 0.0413. The second-order valence-corrected chi connectivity index (χ2v) is 7.48. The Morgan fingerprint density at radius 3 is 2.39 bits per heavy atom. The van der Waals surface area contributed by atoms with Gasteiger partial charge in [0.25, 0.3) is 5.91 Å². The molecule has 0 aliphatic carbocycles. The van der Waals surface area contributed by atoms with Crippen LogP contribution in [-0.4, -0.2) is 47.8 Å². The number of piperidine rings is 1. The number of rotatable bonds is 5. The number of hydrogen-bond acceptors (Lipinski definition) is 4. The molecule has 3 heterocycles. The zero-order valence-electron chi connectivity index (χ0n) is 16.0. The number of carbonyl (C=O) groups excluding carboxylic acids is 2. The number of hydrogen-bond donors (Lipinski definition) is 0. The Labute approximate surface area is 165 Å². The van der Waals surface area contributed by atoms with E-state index in [9.17, 15) is 9.59 Å². The molecular weight excluding hydrogens is 356 g/mol. The van der Waals surface area contributed by atoms with E-state index in [-0.39, 0.29) is 24.3 Å². The van der Waals surface area contributed by atoms with Crippen molar-refractivity contribution in [1.82, 2.24) is 9.80 Å². The van der Waals surface area contributed by atoms with Crippen LogP contribution < -0.4 is 4.74 Å². The predicted molar refractivity (Wildman–Crippen MR) is 104 cm³/mol. The lowest BCUT2D eigenvalue weighted by Gasteiger charge is -2.32. The minimum atomic E-state index is -0.122. The van der Waals surface area contributed by atoms with E-state index in [2.05, 4.69) is 0 Å². The van der Waals surface area contributed by atoms with Gasteiger partial charge in [-0.2, -0.15) is 0 Å².